The molecule has 0 aromatic heterocycles. The molecule has 5 heteroatoms. The third kappa shape index (κ3) is 2.82. The molecule has 2 amide bonds. The van der Waals surface area contributed by atoms with Crippen LogP contribution in [0.3, 0.4) is 0 Å². The average Bonchev–Trinajstić information content (AvgIpc) is 2.61. The summed E-state index contributed by atoms with van der Waals surface area (Å²) in [6, 6.07) is 0.671. The van der Waals surface area contributed by atoms with Gasteiger partial charge in [-0.2, -0.15) is 0 Å². The normalized spacial score (nSPS) is 28.2. The number of urea groups is 1. The Morgan fingerprint density at radius 3 is 2.87 bits per heavy atom. The van der Waals surface area contributed by atoms with E-state index in [1.165, 1.54) is 0 Å². The van der Waals surface area contributed by atoms with Gasteiger partial charge in [0.1, 0.15) is 0 Å². The van der Waals surface area contributed by atoms with Crippen LogP contribution < -0.4 is 10.6 Å². The molecule has 0 saturated carbocycles. The smallest absolute Gasteiger partial charge is 0.317 e. The highest BCUT2D eigenvalue weighted by Crippen LogP contribution is 2.01. The molecule has 0 spiro atoms. The molecule has 15 heavy (non-hydrogen) atoms. The fourth-order valence-corrected chi connectivity index (χ4v) is 2.20. The van der Waals surface area contributed by atoms with Gasteiger partial charge in [-0.15, -0.1) is 0 Å². The van der Waals surface area contributed by atoms with Crippen LogP contribution in [0.4, 0.5) is 4.79 Å². The number of hydrogen-bond donors (Lipinski definition) is 2. The Morgan fingerprint density at radius 2 is 2.20 bits per heavy atom. The number of nitrogens with one attached hydrogen (secondary N) is 2. The Morgan fingerprint density at radius 1 is 1.33 bits per heavy atom. The monoisotopic (exact) mass is 212 g/mol. The molecule has 2 heterocycles. The first-order valence-corrected chi connectivity index (χ1v) is 5.74. The van der Waals surface area contributed by atoms with Crippen molar-refractivity contribution in [1.29, 1.82) is 0 Å². The lowest BCUT2D eigenvalue weighted by molar-refractivity contribution is 0.178. The van der Waals surface area contributed by atoms with Crippen LogP contribution in [0, 0.1) is 0 Å². The summed E-state index contributed by atoms with van der Waals surface area (Å²) in [7, 11) is 0. The van der Waals surface area contributed by atoms with Crippen molar-refractivity contribution in [1.82, 2.24) is 20.4 Å². The highest BCUT2D eigenvalue weighted by atomic mass is 16.2. The van der Waals surface area contributed by atoms with Crippen molar-refractivity contribution in [3.8, 4) is 0 Å². The molecular formula is C10H20N4O. The first-order valence-electron chi connectivity index (χ1n) is 5.74. The third-order valence-electron chi connectivity index (χ3n) is 3.08. The maximum atomic E-state index is 11.3. The molecule has 1 atom stereocenters. The molecule has 2 N–H and O–H groups in total. The summed E-state index contributed by atoms with van der Waals surface area (Å²) in [5.41, 5.74) is 0. The lowest BCUT2D eigenvalue weighted by atomic mass is 10.2. The van der Waals surface area contributed by atoms with E-state index in [1.54, 1.807) is 0 Å². The minimum atomic E-state index is 0.0955. The molecule has 86 valence electrons. The van der Waals surface area contributed by atoms with Crippen molar-refractivity contribution >= 4 is 6.03 Å². The Kier molecular flexibility index (Phi) is 3.43. The van der Waals surface area contributed by atoms with Gasteiger partial charge in [0.25, 0.3) is 0 Å². The van der Waals surface area contributed by atoms with Gasteiger partial charge in [-0.05, 0) is 6.92 Å². The van der Waals surface area contributed by atoms with Crippen LogP contribution in [0.25, 0.3) is 0 Å². The number of nitrogens with zero attached hydrogens (tertiary/aromatic N) is 2. The van der Waals surface area contributed by atoms with Gasteiger partial charge in [-0.25, -0.2) is 4.79 Å². The van der Waals surface area contributed by atoms with Crippen molar-refractivity contribution in [2.24, 2.45) is 0 Å². The summed E-state index contributed by atoms with van der Waals surface area (Å²) in [5, 5.41) is 6.24. The summed E-state index contributed by atoms with van der Waals surface area (Å²) in [4.78, 5) is 15.6. The number of rotatable bonds is 3. The van der Waals surface area contributed by atoms with E-state index < -0.39 is 0 Å². The standard InChI is InChI=1S/C10H20N4O/c1-9-8-13(4-2-11-9)6-7-14-5-3-12-10(14)15/h9,11H,2-8H2,1H3,(H,12,15). The minimum absolute atomic E-state index is 0.0955. The Hall–Kier alpha value is -0.810. The van der Waals surface area contributed by atoms with E-state index in [0.29, 0.717) is 6.04 Å². The van der Waals surface area contributed by atoms with E-state index in [1.807, 2.05) is 4.90 Å². The Balaban J connectivity index is 1.70. The molecule has 0 radical (unpaired) electrons. The van der Waals surface area contributed by atoms with Gasteiger partial charge in [0.2, 0.25) is 0 Å². The van der Waals surface area contributed by atoms with Crippen LogP contribution in [0.5, 0.6) is 0 Å². The lowest BCUT2D eigenvalue weighted by Crippen LogP contribution is -2.51. The summed E-state index contributed by atoms with van der Waals surface area (Å²) < 4.78 is 0. The van der Waals surface area contributed by atoms with Crippen LogP contribution in [-0.2, 0) is 0 Å². The van der Waals surface area contributed by atoms with Crippen LogP contribution in [-0.4, -0.2) is 67.7 Å². The molecule has 2 saturated heterocycles. The second-order valence-electron chi connectivity index (χ2n) is 4.37. The Bertz CT molecular complexity index is 233. The predicted molar refractivity (Wildman–Crippen MR) is 58.9 cm³/mol. The second-order valence-corrected chi connectivity index (χ2v) is 4.37. The fourth-order valence-electron chi connectivity index (χ4n) is 2.20. The van der Waals surface area contributed by atoms with Crippen molar-refractivity contribution in [2.45, 2.75) is 13.0 Å². The summed E-state index contributed by atoms with van der Waals surface area (Å²) in [5.74, 6) is 0. The van der Waals surface area contributed by atoms with Crippen LogP contribution >= 0.6 is 0 Å². The largest absolute Gasteiger partial charge is 0.336 e. The summed E-state index contributed by atoms with van der Waals surface area (Å²) in [6.07, 6.45) is 0. The van der Waals surface area contributed by atoms with Crippen LogP contribution in [0.2, 0.25) is 0 Å². The predicted octanol–water partition coefficient (Wildman–Crippen LogP) is -0.695. The number of carbonyl (C=O) groups excluding carboxylic acids is 1. The SMILES string of the molecule is CC1CN(CCN2CCNC2=O)CCN1. The maximum Gasteiger partial charge on any atom is 0.317 e. The van der Waals surface area contributed by atoms with Crippen molar-refractivity contribution in [3.05, 3.63) is 0 Å². The number of piperazine rings is 1. The second kappa shape index (κ2) is 4.81. The molecule has 0 aromatic rings. The van der Waals surface area contributed by atoms with Crippen molar-refractivity contribution in [2.75, 3.05) is 45.8 Å². The van der Waals surface area contributed by atoms with Crippen LogP contribution in [0.15, 0.2) is 0 Å². The maximum absolute atomic E-state index is 11.3. The zero-order chi connectivity index (χ0) is 10.7. The molecule has 0 aliphatic carbocycles. The zero-order valence-corrected chi connectivity index (χ0v) is 9.33. The molecular weight excluding hydrogens is 192 g/mol. The van der Waals surface area contributed by atoms with Crippen molar-refractivity contribution < 1.29 is 4.79 Å². The van der Waals surface area contributed by atoms with Gasteiger partial charge < -0.3 is 15.5 Å². The van der Waals surface area contributed by atoms with Gasteiger partial charge in [-0.3, -0.25) is 4.90 Å². The molecule has 0 aromatic carbocycles. The van der Waals surface area contributed by atoms with Gasteiger partial charge in [0.05, 0.1) is 0 Å². The third-order valence-corrected chi connectivity index (χ3v) is 3.08. The Labute approximate surface area is 90.8 Å². The van der Waals surface area contributed by atoms with E-state index in [-0.39, 0.29) is 6.03 Å². The lowest BCUT2D eigenvalue weighted by Gasteiger charge is -2.32. The van der Waals surface area contributed by atoms with Gasteiger partial charge in [0.15, 0.2) is 0 Å². The summed E-state index contributed by atoms with van der Waals surface area (Å²) in [6.45, 7) is 8.98. The van der Waals surface area contributed by atoms with E-state index >= 15 is 0 Å². The zero-order valence-electron chi connectivity index (χ0n) is 9.33. The van der Waals surface area contributed by atoms with E-state index in [4.69, 9.17) is 0 Å². The van der Waals surface area contributed by atoms with Crippen LogP contribution in [0.1, 0.15) is 6.92 Å². The first-order chi connectivity index (χ1) is 7.25. The average molecular weight is 212 g/mol. The quantitative estimate of drug-likeness (QED) is 0.651. The van der Waals surface area contributed by atoms with E-state index in [2.05, 4.69) is 22.5 Å². The molecule has 2 aliphatic rings. The van der Waals surface area contributed by atoms with E-state index in [9.17, 15) is 4.79 Å². The molecule has 2 aliphatic heterocycles. The number of carbonyl (C=O) groups is 1. The topological polar surface area (TPSA) is 47.6 Å². The number of amides is 2. The van der Waals surface area contributed by atoms with Gasteiger partial charge in [0, 0.05) is 51.9 Å². The highest BCUT2D eigenvalue weighted by molar-refractivity contribution is 5.76. The molecule has 2 fully saturated rings. The summed E-state index contributed by atoms with van der Waals surface area (Å²) >= 11 is 0. The first kappa shape index (κ1) is 10.7. The molecule has 2 rings (SSSR count). The van der Waals surface area contributed by atoms with Gasteiger partial charge >= 0.3 is 6.03 Å². The van der Waals surface area contributed by atoms with E-state index in [0.717, 1.165) is 45.8 Å². The fraction of sp³-hybridized carbons (Fsp3) is 0.900. The molecule has 1 unspecified atom stereocenters. The van der Waals surface area contributed by atoms with Gasteiger partial charge in [-0.1, -0.05) is 0 Å². The minimum Gasteiger partial charge on any atom is -0.336 e. The molecule has 0 bridgehead atoms. The number of hydrogen-bond acceptors (Lipinski definition) is 3. The highest BCUT2D eigenvalue weighted by Gasteiger charge is 2.21. The van der Waals surface area contributed by atoms with Crippen molar-refractivity contribution in [3.63, 3.8) is 0 Å². The molecule has 5 nitrogen and oxygen atoms in total.